The summed E-state index contributed by atoms with van der Waals surface area (Å²) in [5, 5.41) is 9.10. The maximum absolute atomic E-state index is 9.10. The first-order valence-corrected chi connectivity index (χ1v) is 4.18. The molecule has 0 aromatic heterocycles. The number of hydrogen-bond donors (Lipinski definition) is 2. The third-order valence-corrected chi connectivity index (χ3v) is 1.82. The van der Waals surface area contributed by atoms with Crippen LogP contribution in [0.4, 0.5) is 0 Å². The van der Waals surface area contributed by atoms with Crippen molar-refractivity contribution in [2.45, 2.75) is 25.5 Å². The van der Waals surface area contributed by atoms with E-state index in [2.05, 4.69) is 0 Å². The summed E-state index contributed by atoms with van der Waals surface area (Å²) >= 11 is 0. The van der Waals surface area contributed by atoms with Gasteiger partial charge >= 0.3 is 0 Å². The molecular formula is C10H15NO. The summed E-state index contributed by atoms with van der Waals surface area (Å²) in [6, 6.07) is 9.78. The van der Waals surface area contributed by atoms with Crippen LogP contribution in [0.15, 0.2) is 30.3 Å². The predicted octanol–water partition coefficient (Wildman–Crippen LogP) is 1.46. The van der Waals surface area contributed by atoms with Gasteiger partial charge in [0.05, 0.1) is 6.10 Å². The summed E-state index contributed by atoms with van der Waals surface area (Å²) in [6.45, 7) is 1.75. The van der Waals surface area contributed by atoms with Crippen LogP contribution in [0.3, 0.4) is 0 Å². The average Bonchev–Trinajstić information content (AvgIpc) is 2.05. The third-order valence-electron chi connectivity index (χ3n) is 1.82. The van der Waals surface area contributed by atoms with E-state index in [-0.39, 0.29) is 12.1 Å². The molecule has 2 heteroatoms. The molecule has 3 N–H and O–H groups in total. The Morgan fingerprint density at radius 3 is 2.42 bits per heavy atom. The number of benzene rings is 1. The highest BCUT2D eigenvalue weighted by molar-refractivity contribution is 5.18. The van der Waals surface area contributed by atoms with Crippen LogP contribution in [0, 0.1) is 0 Å². The SMILES string of the molecule is CC(O)C[C@H](N)c1ccccc1. The number of hydrogen-bond acceptors (Lipinski definition) is 2. The van der Waals surface area contributed by atoms with E-state index in [9.17, 15) is 0 Å². The molecule has 0 saturated heterocycles. The molecule has 0 aliphatic carbocycles. The van der Waals surface area contributed by atoms with E-state index in [1.807, 2.05) is 30.3 Å². The van der Waals surface area contributed by atoms with Gasteiger partial charge in [-0.1, -0.05) is 30.3 Å². The Kier molecular flexibility index (Phi) is 3.26. The van der Waals surface area contributed by atoms with Crippen molar-refractivity contribution in [1.82, 2.24) is 0 Å². The summed E-state index contributed by atoms with van der Waals surface area (Å²) in [5.74, 6) is 0. The lowest BCUT2D eigenvalue weighted by molar-refractivity contribution is 0.175. The lowest BCUT2D eigenvalue weighted by Crippen LogP contribution is -2.16. The van der Waals surface area contributed by atoms with Gasteiger partial charge in [0.25, 0.3) is 0 Å². The summed E-state index contributed by atoms with van der Waals surface area (Å²) in [6.07, 6.45) is 0.282. The third kappa shape index (κ3) is 2.64. The minimum atomic E-state index is -0.333. The monoisotopic (exact) mass is 165 g/mol. The van der Waals surface area contributed by atoms with Gasteiger partial charge < -0.3 is 10.8 Å². The van der Waals surface area contributed by atoms with Gasteiger partial charge in [-0.3, -0.25) is 0 Å². The molecule has 0 bridgehead atoms. The van der Waals surface area contributed by atoms with Crippen LogP contribution in [0.1, 0.15) is 24.9 Å². The van der Waals surface area contributed by atoms with Gasteiger partial charge in [0.2, 0.25) is 0 Å². The Labute approximate surface area is 73.0 Å². The van der Waals surface area contributed by atoms with Crippen molar-refractivity contribution >= 4 is 0 Å². The van der Waals surface area contributed by atoms with E-state index in [0.29, 0.717) is 6.42 Å². The van der Waals surface area contributed by atoms with E-state index in [1.165, 1.54) is 0 Å². The smallest absolute Gasteiger partial charge is 0.0530 e. The van der Waals surface area contributed by atoms with Gasteiger partial charge in [0.1, 0.15) is 0 Å². The second-order valence-corrected chi connectivity index (χ2v) is 3.10. The van der Waals surface area contributed by atoms with Gasteiger partial charge in [-0.05, 0) is 18.9 Å². The highest BCUT2D eigenvalue weighted by Crippen LogP contribution is 2.14. The Morgan fingerprint density at radius 2 is 1.92 bits per heavy atom. The van der Waals surface area contributed by atoms with Crippen LogP contribution in [0.25, 0.3) is 0 Å². The molecule has 1 rings (SSSR count). The zero-order valence-corrected chi connectivity index (χ0v) is 7.27. The molecule has 1 aromatic carbocycles. The van der Waals surface area contributed by atoms with E-state index < -0.39 is 0 Å². The largest absolute Gasteiger partial charge is 0.393 e. The van der Waals surface area contributed by atoms with Crippen molar-refractivity contribution in [3.05, 3.63) is 35.9 Å². The number of rotatable bonds is 3. The van der Waals surface area contributed by atoms with Crippen LogP contribution in [0.5, 0.6) is 0 Å². The van der Waals surface area contributed by atoms with E-state index >= 15 is 0 Å². The number of aliphatic hydroxyl groups is 1. The molecule has 0 saturated carbocycles. The van der Waals surface area contributed by atoms with Gasteiger partial charge in [-0.15, -0.1) is 0 Å². The molecule has 0 spiro atoms. The zero-order chi connectivity index (χ0) is 8.97. The minimum Gasteiger partial charge on any atom is -0.393 e. The fourth-order valence-corrected chi connectivity index (χ4v) is 1.20. The highest BCUT2D eigenvalue weighted by atomic mass is 16.3. The van der Waals surface area contributed by atoms with Crippen LogP contribution < -0.4 is 5.73 Å². The Bertz CT molecular complexity index is 221. The highest BCUT2D eigenvalue weighted by Gasteiger charge is 2.07. The van der Waals surface area contributed by atoms with Crippen molar-refractivity contribution < 1.29 is 5.11 Å². The number of nitrogens with two attached hydrogens (primary N) is 1. The maximum Gasteiger partial charge on any atom is 0.0530 e. The fourth-order valence-electron chi connectivity index (χ4n) is 1.20. The molecule has 12 heavy (non-hydrogen) atoms. The van der Waals surface area contributed by atoms with E-state index in [4.69, 9.17) is 10.8 Å². The maximum atomic E-state index is 9.10. The molecule has 66 valence electrons. The van der Waals surface area contributed by atoms with E-state index in [1.54, 1.807) is 6.92 Å². The second-order valence-electron chi connectivity index (χ2n) is 3.10. The molecule has 0 amide bonds. The summed E-state index contributed by atoms with van der Waals surface area (Å²) in [7, 11) is 0. The van der Waals surface area contributed by atoms with Crippen LogP contribution in [-0.4, -0.2) is 11.2 Å². The molecule has 0 aliphatic heterocycles. The molecule has 1 aromatic rings. The first-order chi connectivity index (χ1) is 5.70. The molecule has 2 nitrogen and oxygen atoms in total. The molecule has 0 heterocycles. The van der Waals surface area contributed by atoms with Gasteiger partial charge in [-0.25, -0.2) is 0 Å². The first-order valence-electron chi connectivity index (χ1n) is 4.18. The quantitative estimate of drug-likeness (QED) is 0.712. The van der Waals surface area contributed by atoms with Crippen molar-refractivity contribution in [1.29, 1.82) is 0 Å². The van der Waals surface area contributed by atoms with Crippen LogP contribution in [-0.2, 0) is 0 Å². The minimum absolute atomic E-state index is 0.0498. The number of aliphatic hydroxyl groups excluding tert-OH is 1. The first kappa shape index (κ1) is 9.23. The summed E-state index contributed by atoms with van der Waals surface area (Å²) in [5.41, 5.74) is 6.92. The lowest BCUT2D eigenvalue weighted by atomic mass is 10.0. The van der Waals surface area contributed by atoms with Gasteiger partial charge in [-0.2, -0.15) is 0 Å². The lowest BCUT2D eigenvalue weighted by Gasteiger charge is -2.13. The standard InChI is InChI=1S/C10H15NO/c1-8(12)7-10(11)9-5-3-2-4-6-9/h2-6,8,10,12H,7,11H2,1H3/t8?,10-/m0/s1. The molecule has 0 fully saturated rings. The van der Waals surface area contributed by atoms with Crippen molar-refractivity contribution in [2.75, 3.05) is 0 Å². The second kappa shape index (κ2) is 4.24. The topological polar surface area (TPSA) is 46.2 Å². The van der Waals surface area contributed by atoms with Gasteiger partial charge in [0.15, 0.2) is 0 Å². The summed E-state index contributed by atoms with van der Waals surface area (Å²) in [4.78, 5) is 0. The Balaban J connectivity index is 2.59. The molecular weight excluding hydrogens is 150 g/mol. The zero-order valence-electron chi connectivity index (χ0n) is 7.27. The molecule has 2 atom stereocenters. The molecule has 0 radical (unpaired) electrons. The summed E-state index contributed by atoms with van der Waals surface area (Å²) < 4.78 is 0. The van der Waals surface area contributed by atoms with Gasteiger partial charge in [0, 0.05) is 6.04 Å². The Hall–Kier alpha value is -0.860. The predicted molar refractivity (Wildman–Crippen MR) is 49.7 cm³/mol. The average molecular weight is 165 g/mol. The molecule has 0 aliphatic rings. The Morgan fingerprint density at radius 1 is 1.33 bits per heavy atom. The van der Waals surface area contributed by atoms with Crippen LogP contribution in [0.2, 0.25) is 0 Å². The normalized spacial score (nSPS) is 15.6. The van der Waals surface area contributed by atoms with Crippen LogP contribution >= 0.6 is 0 Å². The fraction of sp³-hybridized carbons (Fsp3) is 0.400. The van der Waals surface area contributed by atoms with E-state index in [0.717, 1.165) is 5.56 Å². The van der Waals surface area contributed by atoms with Crippen molar-refractivity contribution in [3.8, 4) is 0 Å². The van der Waals surface area contributed by atoms with Crippen molar-refractivity contribution in [2.24, 2.45) is 5.73 Å². The molecule has 1 unspecified atom stereocenters. The van der Waals surface area contributed by atoms with Crippen molar-refractivity contribution in [3.63, 3.8) is 0 Å².